The molecule has 1 aromatic heterocycles. The van der Waals surface area contributed by atoms with Gasteiger partial charge in [-0.15, -0.1) is 11.3 Å². The number of halogens is 4. The van der Waals surface area contributed by atoms with Gasteiger partial charge in [0.15, 0.2) is 0 Å². The van der Waals surface area contributed by atoms with Gasteiger partial charge in [-0.05, 0) is 47.3 Å². The molecule has 1 nitrogen and oxygen atoms in total. The van der Waals surface area contributed by atoms with Crippen molar-refractivity contribution in [3.8, 4) is 0 Å². The summed E-state index contributed by atoms with van der Waals surface area (Å²) in [6.45, 7) is 0. The van der Waals surface area contributed by atoms with Gasteiger partial charge in [-0.25, -0.2) is 0 Å². The van der Waals surface area contributed by atoms with Gasteiger partial charge >= 0.3 is 6.18 Å². The maximum Gasteiger partial charge on any atom is 0.389 e. The van der Waals surface area contributed by atoms with E-state index < -0.39 is 12.6 Å². The van der Waals surface area contributed by atoms with Crippen LogP contribution < -0.4 is 5.32 Å². The van der Waals surface area contributed by atoms with Gasteiger partial charge in [0.1, 0.15) is 0 Å². The van der Waals surface area contributed by atoms with Crippen LogP contribution in [0.25, 0.3) is 0 Å². The second-order valence-electron chi connectivity index (χ2n) is 3.48. The van der Waals surface area contributed by atoms with E-state index in [4.69, 9.17) is 0 Å². The van der Waals surface area contributed by atoms with Crippen molar-refractivity contribution in [2.75, 3.05) is 7.05 Å². The highest BCUT2D eigenvalue weighted by atomic mass is 79.9. The van der Waals surface area contributed by atoms with Crippen LogP contribution in [0, 0.1) is 0 Å². The van der Waals surface area contributed by atoms with Crippen LogP contribution in [0.15, 0.2) is 15.9 Å². The molecule has 1 atom stereocenters. The molecule has 0 aliphatic rings. The third kappa shape index (κ3) is 4.43. The van der Waals surface area contributed by atoms with Crippen molar-refractivity contribution < 1.29 is 13.2 Å². The third-order valence-electron chi connectivity index (χ3n) is 2.26. The minimum Gasteiger partial charge on any atom is -0.312 e. The Labute approximate surface area is 105 Å². The van der Waals surface area contributed by atoms with E-state index in [1.807, 2.05) is 11.4 Å². The molecule has 1 heterocycles. The van der Waals surface area contributed by atoms with Crippen LogP contribution in [0.2, 0.25) is 0 Å². The monoisotopic (exact) mass is 315 g/mol. The first-order chi connectivity index (χ1) is 7.44. The average Bonchev–Trinajstić information content (AvgIpc) is 2.58. The summed E-state index contributed by atoms with van der Waals surface area (Å²) in [4.78, 5) is 1.06. The molecule has 0 fully saturated rings. The SMILES string of the molecule is CNC(CCCC(F)(F)F)c1sccc1Br. The topological polar surface area (TPSA) is 12.0 Å². The molecule has 6 heteroatoms. The van der Waals surface area contributed by atoms with Gasteiger partial charge in [0.05, 0.1) is 0 Å². The molecular weight excluding hydrogens is 303 g/mol. The maximum absolute atomic E-state index is 12.0. The molecule has 0 aliphatic carbocycles. The maximum atomic E-state index is 12.0. The Balaban J connectivity index is 2.48. The van der Waals surface area contributed by atoms with Gasteiger partial charge < -0.3 is 5.32 Å². The summed E-state index contributed by atoms with van der Waals surface area (Å²) < 4.78 is 37.0. The first kappa shape index (κ1) is 14.0. The molecule has 1 aromatic rings. The summed E-state index contributed by atoms with van der Waals surface area (Å²) in [6.07, 6.45) is -4.12. The molecule has 0 radical (unpaired) electrons. The second-order valence-corrected chi connectivity index (χ2v) is 5.28. The Morgan fingerprint density at radius 2 is 2.19 bits per heavy atom. The van der Waals surface area contributed by atoms with Crippen LogP contribution in [0.1, 0.15) is 30.2 Å². The van der Waals surface area contributed by atoms with Gasteiger partial charge in [0.25, 0.3) is 0 Å². The summed E-state index contributed by atoms with van der Waals surface area (Å²) in [5, 5.41) is 4.97. The number of hydrogen-bond acceptors (Lipinski definition) is 2. The zero-order valence-electron chi connectivity index (χ0n) is 8.77. The van der Waals surface area contributed by atoms with Gasteiger partial charge in [-0.1, -0.05) is 0 Å². The van der Waals surface area contributed by atoms with Crippen LogP contribution in [-0.2, 0) is 0 Å². The van der Waals surface area contributed by atoms with Crippen LogP contribution in [0.4, 0.5) is 13.2 Å². The van der Waals surface area contributed by atoms with E-state index in [0.29, 0.717) is 6.42 Å². The van der Waals surface area contributed by atoms with Crippen molar-refractivity contribution in [3.63, 3.8) is 0 Å². The van der Waals surface area contributed by atoms with E-state index in [0.717, 1.165) is 9.35 Å². The minimum atomic E-state index is -4.05. The third-order valence-corrected chi connectivity index (χ3v) is 4.25. The molecule has 0 amide bonds. The minimum absolute atomic E-state index is 0.00303. The van der Waals surface area contributed by atoms with Crippen molar-refractivity contribution >= 4 is 27.3 Å². The predicted octanol–water partition coefficient (Wildman–Crippen LogP) is 4.50. The van der Waals surface area contributed by atoms with E-state index in [1.54, 1.807) is 18.4 Å². The highest BCUT2D eigenvalue weighted by Gasteiger charge is 2.27. The van der Waals surface area contributed by atoms with E-state index in [2.05, 4.69) is 21.2 Å². The first-order valence-corrected chi connectivity index (χ1v) is 6.58. The molecule has 0 aromatic carbocycles. The number of rotatable bonds is 5. The Morgan fingerprint density at radius 3 is 2.62 bits per heavy atom. The Bertz CT molecular complexity index is 324. The molecule has 1 unspecified atom stereocenters. The summed E-state index contributed by atoms with van der Waals surface area (Å²) in [5.74, 6) is 0. The smallest absolute Gasteiger partial charge is 0.312 e. The van der Waals surface area contributed by atoms with Crippen molar-refractivity contribution in [1.29, 1.82) is 0 Å². The summed E-state index contributed by atoms with van der Waals surface area (Å²) in [6, 6.07) is 1.91. The van der Waals surface area contributed by atoms with Crippen molar-refractivity contribution in [3.05, 3.63) is 20.8 Å². The molecule has 0 aliphatic heterocycles. The lowest BCUT2D eigenvalue weighted by Crippen LogP contribution is -2.17. The van der Waals surface area contributed by atoms with Crippen LogP contribution in [0.5, 0.6) is 0 Å². The van der Waals surface area contributed by atoms with E-state index >= 15 is 0 Å². The number of hydrogen-bond donors (Lipinski definition) is 1. The Morgan fingerprint density at radius 1 is 1.50 bits per heavy atom. The largest absolute Gasteiger partial charge is 0.389 e. The number of nitrogens with one attached hydrogen (secondary N) is 1. The van der Waals surface area contributed by atoms with Crippen molar-refractivity contribution in [2.24, 2.45) is 0 Å². The van der Waals surface area contributed by atoms with Gasteiger partial charge in [-0.3, -0.25) is 0 Å². The van der Waals surface area contributed by atoms with E-state index in [9.17, 15) is 13.2 Å². The zero-order chi connectivity index (χ0) is 12.2. The summed E-state index contributed by atoms with van der Waals surface area (Å²) >= 11 is 4.94. The molecule has 1 rings (SSSR count). The quantitative estimate of drug-likeness (QED) is 0.843. The molecular formula is C10H13BrF3NS. The standard InChI is InChI=1S/C10H13BrF3NS/c1-15-8(3-2-5-10(12,13)14)9-7(11)4-6-16-9/h4,6,8,15H,2-3,5H2,1H3. The fourth-order valence-electron chi connectivity index (χ4n) is 1.47. The lowest BCUT2D eigenvalue weighted by atomic mass is 10.1. The lowest BCUT2D eigenvalue weighted by molar-refractivity contribution is -0.135. The van der Waals surface area contributed by atoms with Crippen molar-refractivity contribution in [2.45, 2.75) is 31.5 Å². The fraction of sp³-hybridized carbons (Fsp3) is 0.600. The molecule has 1 N–H and O–H groups in total. The summed E-state index contributed by atoms with van der Waals surface area (Å²) in [5.41, 5.74) is 0. The Hall–Kier alpha value is -0.0700. The Kier molecular flexibility index (Phi) is 5.27. The van der Waals surface area contributed by atoms with Crippen LogP contribution >= 0.6 is 27.3 Å². The van der Waals surface area contributed by atoms with Crippen LogP contribution in [0.3, 0.4) is 0 Å². The number of alkyl halides is 3. The van der Waals surface area contributed by atoms with Crippen LogP contribution in [-0.4, -0.2) is 13.2 Å². The zero-order valence-corrected chi connectivity index (χ0v) is 11.2. The van der Waals surface area contributed by atoms with E-state index in [1.165, 1.54) is 0 Å². The summed E-state index contributed by atoms with van der Waals surface area (Å²) in [7, 11) is 1.77. The van der Waals surface area contributed by atoms with Gasteiger partial charge in [0.2, 0.25) is 0 Å². The fourth-order valence-corrected chi connectivity index (χ4v) is 3.26. The van der Waals surface area contributed by atoms with Crippen molar-refractivity contribution in [1.82, 2.24) is 5.32 Å². The number of thiophene rings is 1. The normalized spacial score (nSPS) is 14.1. The van der Waals surface area contributed by atoms with Gasteiger partial charge in [0, 0.05) is 21.8 Å². The molecule has 16 heavy (non-hydrogen) atoms. The molecule has 92 valence electrons. The molecule has 0 spiro atoms. The molecule has 0 bridgehead atoms. The van der Waals surface area contributed by atoms with E-state index in [-0.39, 0.29) is 12.5 Å². The second kappa shape index (κ2) is 6.02. The average molecular weight is 316 g/mol. The molecule has 0 saturated heterocycles. The lowest BCUT2D eigenvalue weighted by Gasteiger charge is -2.15. The highest BCUT2D eigenvalue weighted by Crippen LogP contribution is 2.33. The first-order valence-electron chi connectivity index (χ1n) is 4.91. The highest BCUT2D eigenvalue weighted by molar-refractivity contribution is 9.10. The predicted molar refractivity (Wildman–Crippen MR) is 63.7 cm³/mol. The molecule has 0 saturated carbocycles. The van der Waals surface area contributed by atoms with Gasteiger partial charge in [-0.2, -0.15) is 13.2 Å².